The van der Waals surface area contributed by atoms with Gasteiger partial charge in [-0.25, -0.2) is 5.84 Å². The molecule has 0 bridgehead atoms. The van der Waals surface area contributed by atoms with Gasteiger partial charge in [-0.1, -0.05) is 36.9 Å². The summed E-state index contributed by atoms with van der Waals surface area (Å²) in [6.07, 6.45) is 5.62. The molecule has 6 nitrogen and oxygen atoms in total. The second-order valence-corrected chi connectivity index (χ2v) is 9.44. The number of ether oxygens (including phenoxy) is 2. The molecule has 1 saturated heterocycles. The Kier molecular flexibility index (Phi) is 8.34. The Morgan fingerprint density at radius 3 is 2.62 bits per heavy atom. The number of fused-ring (bicyclic) bond motifs is 1. The SMILES string of the molecule is CCCN1CCC(NC/C(=C/N(N)c2ccccc2)Sc2ccc3c(c2)OCCO3)CC1. The van der Waals surface area contributed by atoms with Crippen molar-refractivity contribution >= 4 is 17.4 Å². The predicted octanol–water partition coefficient (Wildman–Crippen LogP) is 4.24. The van der Waals surface area contributed by atoms with Gasteiger partial charge in [-0.15, -0.1) is 0 Å². The number of nitrogens with two attached hydrogens (primary N) is 1. The first-order valence-electron chi connectivity index (χ1n) is 11.5. The summed E-state index contributed by atoms with van der Waals surface area (Å²) in [5.74, 6) is 8.01. The summed E-state index contributed by atoms with van der Waals surface area (Å²) in [5.41, 5.74) is 0.959. The van der Waals surface area contributed by atoms with Crippen LogP contribution in [0.1, 0.15) is 26.2 Å². The number of benzene rings is 2. The van der Waals surface area contributed by atoms with Crippen molar-refractivity contribution in [1.29, 1.82) is 0 Å². The standard InChI is InChI=1S/C25H34N4O2S/c1-2-12-28-13-10-20(11-14-28)27-18-23(19-29(26)21-6-4-3-5-7-21)32-22-8-9-24-25(17-22)31-16-15-30-24/h3-9,17,19-20,27H,2,10-16,18,26H2,1H3/b23-19-. The Labute approximate surface area is 195 Å². The van der Waals surface area contributed by atoms with Crippen molar-refractivity contribution in [3.63, 3.8) is 0 Å². The van der Waals surface area contributed by atoms with Crippen molar-refractivity contribution in [3.05, 3.63) is 59.6 Å². The van der Waals surface area contributed by atoms with Crippen LogP contribution < -0.4 is 25.6 Å². The van der Waals surface area contributed by atoms with Crippen molar-refractivity contribution in [3.8, 4) is 11.5 Å². The highest BCUT2D eigenvalue weighted by Gasteiger charge is 2.19. The quantitative estimate of drug-likeness (QED) is 0.334. The first-order chi connectivity index (χ1) is 15.7. The third-order valence-corrected chi connectivity index (χ3v) is 6.79. The molecule has 2 aromatic rings. The van der Waals surface area contributed by atoms with Crippen LogP contribution in [0.5, 0.6) is 11.5 Å². The third kappa shape index (κ3) is 6.42. The molecule has 0 radical (unpaired) electrons. The first kappa shape index (κ1) is 23.0. The minimum atomic E-state index is 0.537. The second kappa shape index (κ2) is 11.6. The van der Waals surface area contributed by atoms with Crippen LogP contribution in [0.15, 0.2) is 64.5 Å². The Balaban J connectivity index is 1.44. The average molecular weight is 455 g/mol. The molecule has 2 aliphatic heterocycles. The summed E-state index contributed by atoms with van der Waals surface area (Å²) in [5, 5.41) is 5.47. The number of thioether (sulfide) groups is 1. The van der Waals surface area contributed by atoms with E-state index in [1.807, 2.05) is 42.6 Å². The van der Waals surface area contributed by atoms with Gasteiger partial charge in [0, 0.05) is 28.6 Å². The normalized spacial score (nSPS) is 17.4. The molecule has 0 atom stereocenters. The van der Waals surface area contributed by atoms with E-state index in [0.717, 1.165) is 33.5 Å². The Morgan fingerprint density at radius 2 is 1.88 bits per heavy atom. The molecule has 0 aliphatic carbocycles. The number of para-hydroxylation sites is 1. The number of hydrogen-bond acceptors (Lipinski definition) is 7. The number of nitrogens with one attached hydrogen (secondary N) is 1. The lowest BCUT2D eigenvalue weighted by atomic mass is 10.0. The fourth-order valence-corrected chi connectivity index (χ4v) is 5.02. The highest BCUT2D eigenvalue weighted by atomic mass is 32.2. The van der Waals surface area contributed by atoms with E-state index in [9.17, 15) is 0 Å². The molecular formula is C25H34N4O2S. The zero-order chi connectivity index (χ0) is 22.2. The summed E-state index contributed by atoms with van der Waals surface area (Å²) >= 11 is 1.71. The molecule has 2 aromatic carbocycles. The van der Waals surface area contributed by atoms with E-state index < -0.39 is 0 Å². The van der Waals surface area contributed by atoms with Gasteiger partial charge in [-0.05, 0) is 69.2 Å². The fourth-order valence-electron chi connectivity index (χ4n) is 4.10. The predicted molar refractivity (Wildman–Crippen MR) is 132 cm³/mol. The van der Waals surface area contributed by atoms with Crippen LogP contribution in [0.3, 0.4) is 0 Å². The number of rotatable bonds is 9. The molecule has 1 fully saturated rings. The molecule has 2 aliphatic rings. The van der Waals surface area contributed by atoms with E-state index in [0.29, 0.717) is 19.3 Å². The third-order valence-electron chi connectivity index (χ3n) is 5.79. The highest BCUT2D eigenvalue weighted by Crippen LogP contribution is 2.36. The average Bonchev–Trinajstić information content (AvgIpc) is 2.84. The molecular weight excluding hydrogens is 420 g/mol. The lowest BCUT2D eigenvalue weighted by Gasteiger charge is -2.32. The van der Waals surface area contributed by atoms with Crippen LogP contribution in [0.2, 0.25) is 0 Å². The van der Waals surface area contributed by atoms with E-state index in [1.165, 1.54) is 38.9 Å². The van der Waals surface area contributed by atoms with Crippen molar-refractivity contribution in [1.82, 2.24) is 10.2 Å². The maximum Gasteiger partial charge on any atom is 0.162 e. The summed E-state index contributed by atoms with van der Waals surface area (Å²) in [6, 6.07) is 16.7. The minimum Gasteiger partial charge on any atom is -0.486 e. The van der Waals surface area contributed by atoms with Gasteiger partial charge in [0.2, 0.25) is 0 Å². The van der Waals surface area contributed by atoms with E-state index in [1.54, 1.807) is 16.8 Å². The first-order valence-corrected chi connectivity index (χ1v) is 12.4. The largest absolute Gasteiger partial charge is 0.486 e. The molecule has 3 N–H and O–H groups in total. The molecule has 7 heteroatoms. The van der Waals surface area contributed by atoms with Crippen molar-refractivity contribution in [2.75, 3.05) is 44.4 Å². The molecule has 0 unspecified atom stereocenters. The van der Waals surface area contributed by atoms with Gasteiger partial charge in [0.05, 0.1) is 5.69 Å². The van der Waals surface area contributed by atoms with E-state index in [2.05, 4.69) is 29.3 Å². The van der Waals surface area contributed by atoms with E-state index in [4.69, 9.17) is 15.3 Å². The van der Waals surface area contributed by atoms with Crippen LogP contribution in [0, 0.1) is 0 Å². The van der Waals surface area contributed by atoms with Gasteiger partial charge in [0.25, 0.3) is 0 Å². The number of hydrazine groups is 1. The van der Waals surface area contributed by atoms with Gasteiger partial charge in [0.15, 0.2) is 11.5 Å². The Bertz CT molecular complexity index is 885. The molecule has 2 heterocycles. The van der Waals surface area contributed by atoms with Crippen LogP contribution in [0.4, 0.5) is 5.69 Å². The second-order valence-electron chi connectivity index (χ2n) is 8.24. The van der Waals surface area contributed by atoms with Crippen molar-refractivity contribution in [2.45, 2.75) is 37.1 Å². The zero-order valence-corrected chi connectivity index (χ0v) is 19.7. The Morgan fingerprint density at radius 1 is 1.12 bits per heavy atom. The van der Waals surface area contributed by atoms with Gasteiger partial charge < -0.3 is 19.7 Å². The van der Waals surface area contributed by atoms with Gasteiger partial charge in [-0.2, -0.15) is 0 Å². The lowest BCUT2D eigenvalue weighted by Crippen LogP contribution is -2.43. The zero-order valence-electron chi connectivity index (χ0n) is 18.8. The number of hydrogen-bond donors (Lipinski definition) is 2. The highest BCUT2D eigenvalue weighted by molar-refractivity contribution is 8.03. The van der Waals surface area contributed by atoms with Crippen LogP contribution in [0.25, 0.3) is 0 Å². The maximum atomic E-state index is 6.39. The van der Waals surface area contributed by atoms with Crippen LogP contribution in [-0.2, 0) is 0 Å². The van der Waals surface area contributed by atoms with Crippen molar-refractivity contribution in [2.24, 2.45) is 5.84 Å². The molecule has 4 rings (SSSR count). The van der Waals surface area contributed by atoms with E-state index >= 15 is 0 Å². The summed E-state index contributed by atoms with van der Waals surface area (Å²) in [4.78, 5) is 4.83. The van der Waals surface area contributed by atoms with Crippen LogP contribution in [-0.4, -0.2) is 50.3 Å². The van der Waals surface area contributed by atoms with Crippen molar-refractivity contribution < 1.29 is 9.47 Å². The topological polar surface area (TPSA) is 63.0 Å². The van der Waals surface area contributed by atoms with Gasteiger partial charge in [0.1, 0.15) is 13.2 Å². The minimum absolute atomic E-state index is 0.537. The van der Waals surface area contributed by atoms with E-state index in [-0.39, 0.29) is 0 Å². The monoisotopic (exact) mass is 454 g/mol. The lowest BCUT2D eigenvalue weighted by molar-refractivity contribution is 0.171. The summed E-state index contributed by atoms with van der Waals surface area (Å²) < 4.78 is 11.4. The summed E-state index contributed by atoms with van der Waals surface area (Å²) in [6.45, 7) is 7.77. The summed E-state index contributed by atoms with van der Waals surface area (Å²) in [7, 11) is 0. The fraction of sp³-hybridized carbons (Fsp3) is 0.440. The number of piperidine rings is 1. The van der Waals surface area contributed by atoms with Gasteiger partial charge >= 0.3 is 0 Å². The molecule has 0 saturated carbocycles. The molecule has 0 spiro atoms. The number of likely N-dealkylation sites (tertiary alicyclic amines) is 1. The molecule has 32 heavy (non-hydrogen) atoms. The smallest absolute Gasteiger partial charge is 0.162 e. The number of nitrogens with zero attached hydrogens (tertiary/aromatic N) is 2. The molecule has 0 amide bonds. The molecule has 172 valence electrons. The van der Waals surface area contributed by atoms with Gasteiger partial charge in [-0.3, -0.25) is 5.01 Å². The Hall–Kier alpha value is -2.19. The molecule has 0 aromatic heterocycles. The number of anilines is 1. The van der Waals surface area contributed by atoms with Crippen LogP contribution >= 0.6 is 11.8 Å². The maximum absolute atomic E-state index is 6.39.